The van der Waals surface area contributed by atoms with Crippen molar-refractivity contribution >= 4 is 29.6 Å². The summed E-state index contributed by atoms with van der Waals surface area (Å²) in [7, 11) is 2.70. The summed E-state index contributed by atoms with van der Waals surface area (Å²) in [6.45, 7) is 0. The number of hydrogen-bond acceptors (Lipinski definition) is 7. The molecule has 1 aromatic carbocycles. The summed E-state index contributed by atoms with van der Waals surface area (Å²) < 4.78 is 14.9. The van der Waals surface area contributed by atoms with Crippen molar-refractivity contribution in [2.24, 2.45) is 5.10 Å². The molecule has 0 atom stereocenters. The van der Waals surface area contributed by atoms with Gasteiger partial charge >= 0.3 is 12.1 Å². The van der Waals surface area contributed by atoms with E-state index in [9.17, 15) is 9.59 Å². The second-order valence-electron chi connectivity index (χ2n) is 4.14. The Kier molecular flexibility index (Phi) is 5.70. The first kappa shape index (κ1) is 16.5. The van der Waals surface area contributed by atoms with Gasteiger partial charge in [0.25, 0.3) is 0 Å². The summed E-state index contributed by atoms with van der Waals surface area (Å²) in [4.78, 5) is 23.3. The van der Waals surface area contributed by atoms with E-state index in [0.29, 0.717) is 21.9 Å². The minimum Gasteiger partial charge on any atom is -0.493 e. The molecule has 120 valence electrons. The van der Waals surface area contributed by atoms with Gasteiger partial charge in [0.1, 0.15) is 4.88 Å². The van der Waals surface area contributed by atoms with Crippen LogP contribution >= 0.6 is 11.3 Å². The average Bonchev–Trinajstić information content (AvgIpc) is 3.10. The van der Waals surface area contributed by atoms with Gasteiger partial charge in [0.2, 0.25) is 0 Å². The fraction of sp³-hybridized carbons (Fsp3) is 0.133. The standard InChI is InChI=1S/C15H14N2O5S/c1-20-12-8-10(9-16-17-15(19)21-2)5-6-11(12)22-14(18)13-4-3-7-23-13/h3-9H,1-2H3,(H,17,19)/b16-9+. The molecule has 0 radical (unpaired) electrons. The molecule has 0 bridgehead atoms. The van der Waals surface area contributed by atoms with Gasteiger partial charge in [0, 0.05) is 0 Å². The number of hydrogen-bond donors (Lipinski definition) is 1. The van der Waals surface area contributed by atoms with E-state index in [1.165, 1.54) is 31.8 Å². The van der Waals surface area contributed by atoms with E-state index in [0.717, 1.165) is 0 Å². The third-order valence-corrected chi connectivity index (χ3v) is 3.52. The molecular weight excluding hydrogens is 320 g/mol. The second-order valence-corrected chi connectivity index (χ2v) is 5.09. The highest BCUT2D eigenvalue weighted by Gasteiger charge is 2.13. The maximum atomic E-state index is 12.0. The molecule has 0 unspecified atom stereocenters. The molecule has 0 spiro atoms. The Morgan fingerprint density at radius 1 is 1.22 bits per heavy atom. The van der Waals surface area contributed by atoms with E-state index < -0.39 is 12.1 Å². The molecule has 1 aromatic heterocycles. The molecule has 1 amide bonds. The van der Waals surface area contributed by atoms with Gasteiger partial charge in [0.15, 0.2) is 11.5 Å². The first-order valence-electron chi connectivity index (χ1n) is 6.44. The van der Waals surface area contributed by atoms with Crippen LogP contribution in [0.3, 0.4) is 0 Å². The van der Waals surface area contributed by atoms with E-state index >= 15 is 0 Å². The molecule has 0 aliphatic rings. The minimum atomic E-state index is -0.672. The molecule has 7 nitrogen and oxygen atoms in total. The number of rotatable bonds is 5. The molecule has 0 fully saturated rings. The zero-order valence-corrected chi connectivity index (χ0v) is 13.3. The number of thiophene rings is 1. The molecular formula is C15H14N2O5S. The van der Waals surface area contributed by atoms with E-state index in [1.54, 1.807) is 35.7 Å². The summed E-state index contributed by atoms with van der Waals surface area (Å²) in [5.74, 6) is 0.216. The van der Waals surface area contributed by atoms with Crippen LogP contribution in [-0.4, -0.2) is 32.5 Å². The van der Waals surface area contributed by atoms with Crippen molar-refractivity contribution in [3.8, 4) is 11.5 Å². The lowest BCUT2D eigenvalue weighted by Crippen LogP contribution is -2.16. The van der Waals surface area contributed by atoms with Gasteiger partial charge in [-0.05, 0) is 35.2 Å². The number of benzene rings is 1. The van der Waals surface area contributed by atoms with Crippen LogP contribution in [0.5, 0.6) is 11.5 Å². The lowest BCUT2D eigenvalue weighted by Gasteiger charge is -2.09. The molecule has 8 heteroatoms. The van der Waals surface area contributed by atoms with Crippen LogP contribution in [0.1, 0.15) is 15.2 Å². The van der Waals surface area contributed by atoms with Crippen LogP contribution < -0.4 is 14.9 Å². The van der Waals surface area contributed by atoms with Crippen molar-refractivity contribution in [2.75, 3.05) is 14.2 Å². The van der Waals surface area contributed by atoms with Crippen LogP contribution in [-0.2, 0) is 4.74 Å². The Bertz CT molecular complexity index is 713. The molecule has 0 saturated carbocycles. The fourth-order valence-electron chi connectivity index (χ4n) is 1.60. The Morgan fingerprint density at radius 2 is 2.04 bits per heavy atom. The number of carbonyl (C=O) groups excluding carboxylic acids is 2. The van der Waals surface area contributed by atoms with E-state index in [-0.39, 0.29) is 0 Å². The molecule has 2 rings (SSSR count). The van der Waals surface area contributed by atoms with Crippen molar-refractivity contribution in [3.63, 3.8) is 0 Å². The molecule has 0 aliphatic heterocycles. The predicted molar refractivity (Wildman–Crippen MR) is 85.4 cm³/mol. The number of hydrazone groups is 1. The van der Waals surface area contributed by atoms with Gasteiger partial charge in [0.05, 0.1) is 20.4 Å². The summed E-state index contributed by atoms with van der Waals surface area (Å²) in [6.07, 6.45) is 0.735. The van der Waals surface area contributed by atoms with Crippen molar-refractivity contribution in [1.82, 2.24) is 5.43 Å². The van der Waals surface area contributed by atoms with Gasteiger partial charge in [-0.3, -0.25) is 0 Å². The normalized spacial score (nSPS) is 10.3. The fourth-order valence-corrected chi connectivity index (χ4v) is 2.20. The van der Waals surface area contributed by atoms with Crippen molar-refractivity contribution in [2.45, 2.75) is 0 Å². The van der Waals surface area contributed by atoms with Gasteiger partial charge in [-0.15, -0.1) is 11.3 Å². The number of nitrogens with one attached hydrogen (secondary N) is 1. The number of amides is 1. The second kappa shape index (κ2) is 7.95. The Balaban J connectivity index is 2.10. The first-order valence-corrected chi connectivity index (χ1v) is 7.32. The molecule has 2 aromatic rings. The molecule has 1 heterocycles. The smallest absolute Gasteiger partial charge is 0.427 e. The van der Waals surface area contributed by atoms with E-state index in [4.69, 9.17) is 9.47 Å². The highest BCUT2D eigenvalue weighted by atomic mass is 32.1. The van der Waals surface area contributed by atoms with E-state index in [1.807, 2.05) is 0 Å². The Morgan fingerprint density at radius 3 is 2.70 bits per heavy atom. The highest BCUT2D eigenvalue weighted by Crippen LogP contribution is 2.28. The number of nitrogens with zero attached hydrogens (tertiary/aromatic N) is 1. The van der Waals surface area contributed by atoms with Crippen molar-refractivity contribution < 1.29 is 23.8 Å². The largest absolute Gasteiger partial charge is 0.493 e. The average molecular weight is 334 g/mol. The zero-order chi connectivity index (χ0) is 16.7. The van der Waals surface area contributed by atoms with Crippen LogP contribution in [0.15, 0.2) is 40.8 Å². The SMILES string of the molecule is COC(=O)N/N=C/c1ccc(OC(=O)c2cccs2)c(OC)c1. The topological polar surface area (TPSA) is 86.2 Å². The number of methoxy groups -OCH3 is 2. The maximum absolute atomic E-state index is 12.0. The maximum Gasteiger partial charge on any atom is 0.427 e. The van der Waals surface area contributed by atoms with E-state index in [2.05, 4.69) is 15.3 Å². The molecule has 0 saturated heterocycles. The van der Waals surface area contributed by atoms with Crippen LogP contribution in [0.2, 0.25) is 0 Å². The van der Waals surface area contributed by atoms with Crippen molar-refractivity contribution in [3.05, 3.63) is 46.2 Å². The Hall–Kier alpha value is -2.87. The predicted octanol–water partition coefficient (Wildman–Crippen LogP) is 2.67. The van der Waals surface area contributed by atoms with Gasteiger partial charge in [-0.25, -0.2) is 15.0 Å². The minimum absolute atomic E-state index is 0.295. The first-order chi connectivity index (χ1) is 11.1. The van der Waals surface area contributed by atoms with Gasteiger partial charge in [-0.2, -0.15) is 5.10 Å². The molecule has 0 aliphatic carbocycles. The van der Waals surface area contributed by atoms with Crippen molar-refractivity contribution in [1.29, 1.82) is 0 Å². The highest BCUT2D eigenvalue weighted by molar-refractivity contribution is 7.12. The number of ether oxygens (including phenoxy) is 3. The van der Waals surface area contributed by atoms with Gasteiger partial charge in [-0.1, -0.05) is 6.07 Å². The number of esters is 1. The zero-order valence-electron chi connectivity index (χ0n) is 12.4. The lowest BCUT2D eigenvalue weighted by atomic mass is 10.2. The summed E-state index contributed by atoms with van der Waals surface area (Å²) >= 11 is 1.29. The third kappa shape index (κ3) is 4.55. The Labute approximate surface area is 136 Å². The third-order valence-electron chi connectivity index (χ3n) is 2.67. The quantitative estimate of drug-likeness (QED) is 0.393. The summed E-state index contributed by atoms with van der Waals surface area (Å²) in [5.41, 5.74) is 2.81. The van der Waals surface area contributed by atoms with Gasteiger partial charge < -0.3 is 14.2 Å². The summed E-state index contributed by atoms with van der Waals surface area (Å²) in [6, 6.07) is 8.33. The monoisotopic (exact) mass is 334 g/mol. The van der Waals surface area contributed by atoms with Crippen LogP contribution in [0.25, 0.3) is 0 Å². The summed E-state index contributed by atoms with van der Waals surface area (Å²) in [5, 5.41) is 5.50. The molecule has 23 heavy (non-hydrogen) atoms. The number of carbonyl (C=O) groups is 2. The molecule has 1 N–H and O–H groups in total. The van der Waals surface area contributed by atoms with Crippen LogP contribution in [0.4, 0.5) is 4.79 Å². The lowest BCUT2D eigenvalue weighted by molar-refractivity contribution is 0.0734. The van der Waals surface area contributed by atoms with Crippen LogP contribution in [0, 0.1) is 0 Å².